The number of rotatable bonds is 5. The van der Waals surface area contributed by atoms with Crippen LogP contribution in [0.2, 0.25) is 0 Å². The Morgan fingerprint density at radius 3 is 2.61 bits per heavy atom. The maximum absolute atomic E-state index is 13.2. The molecule has 1 N–H and O–H groups in total. The van der Waals surface area contributed by atoms with Crippen molar-refractivity contribution < 1.29 is 18.3 Å². The molecule has 1 aromatic rings. The lowest BCUT2D eigenvalue weighted by Crippen LogP contribution is -2.26. The quantitative estimate of drug-likeness (QED) is 0.878. The van der Waals surface area contributed by atoms with Crippen LogP contribution in [0.25, 0.3) is 0 Å². The summed E-state index contributed by atoms with van der Waals surface area (Å²) in [6.45, 7) is 3.86. The van der Waals surface area contributed by atoms with Crippen LogP contribution in [0, 0.1) is 11.6 Å². The second-order valence-corrected chi connectivity index (χ2v) is 4.19. The van der Waals surface area contributed by atoms with E-state index in [9.17, 15) is 8.78 Å². The zero-order chi connectivity index (χ0) is 13.0. The van der Waals surface area contributed by atoms with E-state index in [2.05, 4.69) is 5.32 Å². The van der Waals surface area contributed by atoms with Crippen molar-refractivity contribution in [3.05, 3.63) is 35.4 Å². The molecule has 0 aliphatic carbocycles. The number of ether oxygens (including phenoxy) is 2. The third-order valence-electron chi connectivity index (χ3n) is 2.92. The van der Waals surface area contributed by atoms with Gasteiger partial charge in [0.05, 0.1) is 13.2 Å². The van der Waals surface area contributed by atoms with Crippen molar-refractivity contribution in [1.29, 1.82) is 0 Å². The fourth-order valence-corrected chi connectivity index (χ4v) is 2.05. The van der Waals surface area contributed by atoms with Gasteiger partial charge in [0.25, 0.3) is 0 Å². The highest BCUT2D eigenvalue weighted by Crippen LogP contribution is 2.23. The van der Waals surface area contributed by atoms with E-state index in [0.29, 0.717) is 25.2 Å². The van der Waals surface area contributed by atoms with Crippen LogP contribution in [-0.2, 0) is 9.47 Å². The molecule has 1 aliphatic rings. The molecular formula is C13H17F2NO2. The first-order valence-corrected chi connectivity index (χ1v) is 6.12. The summed E-state index contributed by atoms with van der Waals surface area (Å²) in [7, 11) is 0. The fourth-order valence-electron chi connectivity index (χ4n) is 2.05. The number of nitrogens with one attached hydrogen (secondary N) is 1. The third-order valence-corrected chi connectivity index (χ3v) is 2.92. The molecule has 1 saturated heterocycles. The van der Waals surface area contributed by atoms with Crippen molar-refractivity contribution in [3.8, 4) is 0 Å². The largest absolute Gasteiger partial charge is 0.350 e. The molecule has 1 aliphatic heterocycles. The highest BCUT2D eigenvalue weighted by atomic mass is 19.2. The molecule has 1 fully saturated rings. The zero-order valence-corrected chi connectivity index (χ0v) is 10.3. The van der Waals surface area contributed by atoms with Gasteiger partial charge in [0.2, 0.25) is 0 Å². The average molecular weight is 257 g/mol. The van der Waals surface area contributed by atoms with Crippen LogP contribution in [0.3, 0.4) is 0 Å². The normalized spacial score (nSPS) is 18.2. The molecule has 100 valence electrons. The molecule has 5 heteroatoms. The smallest absolute Gasteiger partial charge is 0.159 e. The van der Waals surface area contributed by atoms with Gasteiger partial charge in [0, 0.05) is 12.5 Å². The first-order chi connectivity index (χ1) is 8.70. The molecule has 18 heavy (non-hydrogen) atoms. The first-order valence-electron chi connectivity index (χ1n) is 6.12. The van der Waals surface area contributed by atoms with Gasteiger partial charge >= 0.3 is 0 Å². The Kier molecular flexibility index (Phi) is 4.63. The predicted octanol–water partition coefficient (Wildman–Crippen LogP) is 2.38. The Bertz CT molecular complexity index is 395. The minimum absolute atomic E-state index is 0.104. The van der Waals surface area contributed by atoms with Crippen LogP contribution < -0.4 is 5.32 Å². The van der Waals surface area contributed by atoms with E-state index >= 15 is 0 Å². The summed E-state index contributed by atoms with van der Waals surface area (Å²) >= 11 is 0. The highest BCUT2D eigenvalue weighted by molar-refractivity contribution is 5.21. The number of hydrogen-bond donors (Lipinski definition) is 1. The van der Waals surface area contributed by atoms with E-state index in [0.717, 1.165) is 12.6 Å². The van der Waals surface area contributed by atoms with Crippen molar-refractivity contribution in [2.45, 2.75) is 25.7 Å². The van der Waals surface area contributed by atoms with Gasteiger partial charge in [-0.3, -0.25) is 0 Å². The predicted molar refractivity (Wildman–Crippen MR) is 63.1 cm³/mol. The van der Waals surface area contributed by atoms with Crippen molar-refractivity contribution in [2.24, 2.45) is 0 Å². The second-order valence-electron chi connectivity index (χ2n) is 4.19. The number of halogens is 2. The van der Waals surface area contributed by atoms with Gasteiger partial charge in [-0.25, -0.2) is 8.78 Å². The first kappa shape index (κ1) is 13.4. The third kappa shape index (κ3) is 3.25. The summed E-state index contributed by atoms with van der Waals surface area (Å²) in [5.74, 6) is -1.66. The van der Waals surface area contributed by atoms with E-state index in [-0.39, 0.29) is 12.3 Å². The van der Waals surface area contributed by atoms with Crippen LogP contribution >= 0.6 is 0 Å². The van der Waals surface area contributed by atoms with Crippen molar-refractivity contribution in [3.63, 3.8) is 0 Å². The summed E-state index contributed by atoms with van der Waals surface area (Å²) in [5.41, 5.74) is 0.704. The number of benzene rings is 1. The van der Waals surface area contributed by atoms with Gasteiger partial charge in [-0.15, -0.1) is 0 Å². The average Bonchev–Trinajstić information content (AvgIpc) is 2.85. The Morgan fingerprint density at radius 2 is 2.00 bits per heavy atom. The molecule has 2 rings (SSSR count). The summed E-state index contributed by atoms with van der Waals surface area (Å²) in [4.78, 5) is 0. The van der Waals surface area contributed by atoms with Crippen molar-refractivity contribution in [1.82, 2.24) is 5.32 Å². The SMILES string of the molecule is CCNC(CC1OCCO1)c1ccc(F)c(F)c1. The lowest BCUT2D eigenvalue weighted by Gasteiger charge is -2.21. The van der Waals surface area contributed by atoms with Gasteiger partial charge in [0.15, 0.2) is 17.9 Å². The minimum Gasteiger partial charge on any atom is -0.350 e. The van der Waals surface area contributed by atoms with Crippen LogP contribution in [0.5, 0.6) is 0 Å². The minimum atomic E-state index is -0.831. The van der Waals surface area contributed by atoms with Gasteiger partial charge < -0.3 is 14.8 Å². The summed E-state index contributed by atoms with van der Waals surface area (Å²) in [6, 6.07) is 3.84. The Hall–Kier alpha value is -1.04. The molecule has 1 heterocycles. The Balaban J connectivity index is 2.09. The Labute approximate surface area is 105 Å². The van der Waals surface area contributed by atoms with Crippen molar-refractivity contribution >= 4 is 0 Å². The molecule has 0 bridgehead atoms. The number of hydrogen-bond acceptors (Lipinski definition) is 3. The Morgan fingerprint density at radius 1 is 1.28 bits per heavy atom. The molecule has 0 saturated carbocycles. The fraction of sp³-hybridized carbons (Fsp3) is 0.538. The van der Waals surface area contributed by atoms with Crippen LogP contribution in [0.1, 0.15) is 24.9 Å². The summed E-state index contributed by atoms with van der Waals surface area (Å²) in [6.07, 6.45) is 0.306. The molecule has 3 nitrogen and oxygen atoms in total. The molecule has 0 radical (unpaired) electrons. The molecule has 0 aromatic heterocycles. The lowest BCUT2D eigenvalue weighted by atomic mass is 10.0. The maximum Gasteiger partial charge on any atom is 0.159 e. The lowest BCUT2D eigenvalue weighted by molar-refractivity contribution is -0.0529. The molecule has 1 atom stereocenters. The van der Waals surface area contributed by atoms with Crippen molar-refractivity contribution in [2.75, 3.05) is 19.8 Å². The second kappa shape index (κ2) is 6.22. The highest BCUT2D eigenvalue weighted by Gasteiger charge is 2.22. The molecule has 1 unspecified atom stereocenters. The summed E-state index contributed by atoms with van der Waals surface area (Å²) < 4.78 is 36.9. The van der Waals surface area contributed by atoms with Gasteiger partial charge in [-0.05, 0) is 24.2 Å². The van der Waals surface area contributed by atoms with Gasteiger partial charge in [-0.1, -0.05) is 13.0 Å². The van der Waals surface area contributed by atoms with E-state index in [1.54, 1.807) is 6.07 Å². The monoisotopic (exact) mass is 257 g/mol. The topological polar surface area (TPSA) is 30.5 Å². The zero-order valence-electron chi connectivity index (χ0n) is 10.3. The maximum atomic E-state index is 13.2. The summed E-state index contributed by atoms with van der Waals surface area (Å²) in [5, 5.41) is 3.22. The van der Waals surface area contributed by atoms with E-state index < -0.39 is 11.6 Å². The molecule has 0 spiro atoms. The van der Waals surface area contributed by atoms with E-state index in [1.807, 2.05) is 6.92 Å². The van der Waals surface area contributed by atoms with E-state index in [4.69, 9.17) is 9.47 Å². The molecule has 0 amide bonds. The van der Waals surface area contributed by atoms with Gasteiger partial charge in [0.1, 0.15) is 0 Å². The standard InChI is InChI=1S/C13H17F2NO2/c1-2-16-12(8-13-17-5-6-18-13)9-3-4-10(14)11(15)7-9/h3-4,7,12-13,16H,2,5-6,8H2,1H3. The van der Waals surface area contributed by atoms with Crippen LogP contribution in [-0.4, -0.2) is 26.0 Å². The van der Waals surface area contributed by atoms with Gasteiger partial charge in [-0.2, -0.15) is 0 Å². The molecular weight excluding hydrogens is 240 g/mol. The van der Waals surface area contributed by atoms with Crippen LogP contribution in [0.4, 0.5) is 8.78 Å². The molecule has 1 aromatic carbocycles. The van der Waals surface area contributed by atoms with Crippen LogP contribution in [0.15, 0.2) is 18.2 Å². The van der Waals surface area contributed by atoms with E-state index in [1.165, 1.54) is 6.07 Å².